The molecule has 2 saturated heterocycles. The Balaban J connectivity index is 1.85. The Labute approximate surface area is 153 Å². The number of rotatable bonds is 4. The third kappa shape index (κ3) is 3.47. The summed E-state index contributed by atoms with van der Waals surface area (Å²) < 4.78 is 5.47. The van der Waals surface area contributed by atoms with Crippen LogP contribution in [0.3, 0.4) is 0 Å². The molecule has 2 atom stereocenters. The van der Waals surface area contributed by atoms with E-state index in [9.17, 15) is 9.59 Å². The van der Waals surface area contributed by atoms with Gasteiger partial charge in [-0.05, 0) is 45.1 Å². The van der Waals surface area contributed by atoms with Crippen molar-refractivity contribution >= 4 is 23.2 Å². The fourth-order valence-corrected chi connectivity index (χ4v) is 4.91. The highest BCUT2D eigenvalue weighted by Crippen LogP contribution is 2.44. The van der Waals surface area contributed by atoms with Crippen LogP contribution in [0.4, 0.5) is 0 Å². The summed E-state index contributed by atoms with van der Waals surface area (Å²) in [6.45, 7) is 9.56. The van der Waals surface area contributed by atoms with Gasteiger partial charge in [0.25, 0.3) is 5.91 Å². The number of fused-ring (bicyclic) bond motifs is 1. The van der Waals surface area contributed by atoms with Gasteiger partial charge in [0.2, 0.25) is 0 Å². The summed E-state index contributed by atoms with van der Waals surface area (Å²) in [4.78, 5) is 30.8. The lowest BCUT2D eigenvalue weighted by atomic mass is 9.75. The second-order valence-corrected chi connectivity index (χ2v) is 8.38. The number of ether oxygens (including phenoxy) is 1. The van der Waals surface area contributed by atoms with Crippen LogP contribution in [0.25, 0.3) is 0 Å². The van der Waals surface area contributed by atoms with E-state index in [1.54, 1.807) is 0 Å². The molecule has 2 aliphatic heterocycles. The van der Waals surface area contributed by atoms with E-state index in [0.29, 0.717) is 19.2 Å². The van der Waals surface area contributed by atoms with Gasteiger partial charge in [-0.15, -0.1) is 11.3 Å². The van der Waals surface area contributed by atoms with Gasteiger partial charge in [-0.25, -0.2) is 0 Å². The Morgan fingerprint density at radius 2 is 2.20 bits per heavy atom. The number of likely N-dealkylation sites (tertiary alicyclic amines) is 2. The minimum absolute atomic E-state index is 0.0754. The summed E-state index contributed by atoms with van der Waals surface area (Å²) in [6.07, 6.45) is 1.65. The van der Waals surface area contributed by atoms with E-state index in [2.05, 4.69) is 18.7 Å². The smallest absolute Gasteiger partial charge is 0.313 e. The van der Waals surface area contributed by atoms with Crippen LogP contribution in [-0.2, 0) is 9.53 Å². The predicted octanol–water partition coefficient (Wildman–Crippen LogP) is 2.87. The van der Waals surface area contributed by atoms with Crippen molar-refractivity contribution in [1.29, 1.82) is 0 Å². The summed E-state index contributed by atoms with van der Waals surface area (Å²) in [5, 5.41) is 1.93. The van der Waals surface area contributed by atoms with Gasteiger partial charge in [0.15, 0.2) is 0 Å². The maximum Gasteiger partial charge on any atom is 0.313 e. The number of nitrogens with zero attached hydrogens (tertiary/aromatic N) is 2. The van der Waals surface area contributed by atoms with Crippen LogP contribution in [0.15, 0.2) is 17.5 Å². The lowest BCUT2D eigenvalue weighted by molar-refractivity contribution is -0.157. The first-order valence-corrected chi connectivity index (χ1v) is 10.1. The van der Waals surface area contributed by atoms with Gasteiger partial charge >= 0.3 is 5.97 Å². The molecule has 6 heteroatoms. The minimum atomic E-state index is -0.468. The van der Waals surface area contributed by atoms with Crippen LogP contribution in [0, 0.1) is 11.3 Å². The SMILES string of the molecule is CCOC(=O)[C@]12CCCN(C(=O)c3cccs3)C[C@H]1CN(C(C)C)C2. The highest BCUT2D eigenvalue weighted by atomic mass is 32.1. The van der Waals surface area contributed by atoms with Gasteiger partial charge in [-0.2, -0.15) is 0 Å². The molecule has 0 bridgehead atoms. The van der Waals surface area contributed by atoms with Crippen LogP contribution in [0.1, 0.15) is 43.3 Å². The van der Waals surface area contributed by atoms with Gasteiger partial charge in [-0.3, -0.25) is 14.5 Å². The average Bonchev–Trinajstić information content (AvgIpc) is 3.19. The normalized spacial score (nSPS) is 27.2. The fraction of sp³-hybridized carbons (Fsp3) is 0.684. The second-order valence-electron chi connectivity index (χ2n) is 7.43. The maximum atomic E-state index is 12.9. The third-order valence-corrected chi connectivity index (χ3v) is 6.50. The molecule has 1 amide bonds. The maximum absolute atomic E-state index is 12.9. The molecular weight excluding hydrogens is 336 g/mol. The first kappa shape index (κ1) is 18.4. The summed E-state index contributed by atoms with van der Waals surface area (Å²) >= 11 is 1.48. The van der Waals surface area contributed by atoms with Gasteiger partial charge < -0.3 is 9.64 Å². The standard InChI is InChI=1S/C19H28N2O3S/c1-4-24-18(23)19-8-6-9-20(17(22)16-7-5-10-25-16)11-15(19)12-21(13-19)14(2)3/h5,7,10,14-15H,4,6,8-9,11-13H2,1-3H3/t15-,19-/m0/s1. The van der Waals surface area contributed by atoms with Crippen molar-refractivity contribution in [2.45, 2.75) is 39.7 Å². The van der Waals surface area contributed by atoms with Crippen molar-refractivity contribution < 1.29 is 14.3 Å². The summed E-state index contributed by atoms with van der Waals surface area (Å²) in [7, 11) is 0. The minimum Gasteiger partial charge on any atom is -0.466 e. The zero-order chi connectivity index (χ0) is 18.0. The van der Waals surface area contributed by atoms with Crippen molar-refractivity contribution in [2.75, 3.05) is 32.8 Å². The Kier molecular flexibility index (Phi) is 5.49. The molecule has 0 unspecified atom stereocenters. The number of thiophene rings is 1. The van der Waals surface area contributed by atoms with E-state index in [1.165, 1.54) is 11.3 Å². The molecule has 0 aliphatic carbocycles. The van der Waals surface area contributed by atoms with Crippen molar-refractivity contribution in [3.05, 3.63) is 22.4 Å². The van der Waals surface area contributed by atoms with E-state index in [-0.39, 0.29) is 17.8 Å². The molecule has 0 radical (unpaired) electrons. The molecule has 0 aromatic carbocycles. The molecule has 0 spiro atoms. The number of carbonyl (C=O) groups excluding carboxylic acids is 2. The first-order chi connectivity index (χ1) is 12.0. The topological polar surface area (TPSA) is 49.9 Å². The van der Waals surface area contributed by atoms with E-state index < -0.39 is 5.41 Å². The fourth-order valence-electron chi connectivity index (χ4n) is 4.21. The predicted molar refractivity (Wildman–Crippen MR) is 98.7 cm³/mol. The molecule has 3 heterocycles. The second kappa shape index (κ2) is 7.46. The van der Waals surface area contributed by atoms with Crippen molar-refractivity contribution in [3.8, 4) is 0 Å². The summed E-state index contributed by atoms with van der Waals surface area (Å²) in [5.74, 6) is 0.159. The van der Waals surface area contributed by atoms with Crippen LogP contribution >= 0.6 is 11.3 Å². The van der Waals surface area contributed by atoms with Crippen LogP contribution < -0.4 is 0 Å². The van der Waals surface area contributed by atoms with Crippen molar-refractivity contribution in [2.24, 2.45) is 11.3 Å². The average molecular weight is 365 g/mol. The molecular formula is C19H28N2O3S. The Bertz CT molecular complexity index is 616. The van der Waals surface area contributed by atoms with E-state index >= 15 is 0 Å². The van der Waals surface area contributed by atoms with Crippen LogP contribution in [0.2, 0.25) is 0 Å². The molecule has 25 heavy (non-hydrogen) atoms. The summed E-state index contributed by atoms with van der Waals surface area (Å²) in [6, 6.07) is 4.18. The number of carbonyl (C=O) groups is 2. The molecule has 138 valence electrons. The van der Waals surface area contributed by atoms with E-state index in [4.69, 9.17) is 4.74 Å². The molecule has 0 N–H and O–H groups in total. The van der Waals surface area contributed by atoms with Crippen LogP contribution in [-0.4, -0.2) is 60.5 Å². The quantitative estimate of drug-likeness (QED) is 0.771. The molecule has 2 aliphatic rings. The molecule has 5 nitrogen and oxygen atoms in total. The first-order valence-electron chi connectivity index (χ1n) is 9.22. The molecule has 0 saturated carbocycles. The highest BCUT2D eigenvalue weighted by molar-refractivity contribution is 7.12. The lowest BCUT2D eigenvalue weighted by Crippen LogP contribution is -2.43. The molecule has 2 fully saturated rings. The number of esters is 1. The van der Waals surface area contributed by atoms with E-state index in [0.717, 1.165) is 37.4 Å². The van der Waals surface area contributed by atoms with Gasteiger partial charge in [-0.1, -0.05) is 6.07 Å². The number of hydrogen-bond donors (Lipinski definition) is 0. The highest BCUT2D eigenvalue weighted by Gasteiger charge is 2.54. The third-order valence-electron chi connectivity index (χ3n) is 5.64. The Morgan fingerprint density at radius 1 is 1.40 bits per heavy atom. The van der Waals surface area contributed by atoms with E-state index in [1.807, 2.05) is 29.3 Å². The Morgan fingerprint density at radius 3 is 2.84 bits per heavy atom. The van der Waals surface area contributed by atoms with Crippen LogP contribution in [0.5, 0.6) is 0 Å². The Hall–Kier alpha value is -1.40. The molecule has 1 aromatic rings. The van der Waals surface area contributed by atoms with Crippen molar-refractivity contribution in [3.63, 3.8) is 0 Å². The molecule has 1 aromatic heterocycles. The zero-order valence-corrected chi connectivity index (χ0v) is 16.2. The van der Waals surface area contributed by atoms with Crippen molar-refractivity contribution in [1.82, 2.24) is 9.80 Å². The zero-order valence-electron chi connectivity index (χ0n) is 15.4. The van der Waals surface area contributed by atoms with Gasteiger partial charge in [0.05, 0.1) is 16.9 Å². The summed E-state index contributed by atoms with van der Waals surface area (Å²) in [5.41, 5.74) is -0.468. The lowest BCUT2D eigenvalue weighted by Gasteiger charge is -2.31. The van der Waals surface area contributed by atoms with Gasteiger partial charge in [0, 0.05) is 38.1 Å². The largest absolute Gasteiger partial charge is 0.466 e. The number of hydrogen-bond acceptors (Lipinski definition) is 5. The van der Waals surface area contributed by atoms with Gasteiger partial charge in [0.1, 0.15) is 0 Å². The molecule has 3 rings (SSSR count). The number of amides is 1. The monoisotopic (exact) mass is 364 g/mol.